The van der Waals surface area contributed by atoms with Gasteiger partial charge in [0.25, 0.3) is 0 Å². The molecule has 1 saturated heterocycles. The SMILES string of the molecule is CC1=CC2CC1C1C(=O)N(c3ccc(-c4cc(C(=O)OCC(=O)c5ccc(Cl)cc5)c5ccccc5n4)cc3)C(=O)C21. The minimum Gasteiger partial charge on any atom is -0.454 e. The Kier molecular flexibility index (Phi) is 6.28. The van der Waals surface area contributed by atoms with E-state index in [0.29, 0.717) is 38.4 Å². The van der Waals surface area contributed by atoms with Crippen molar-refractivity contribution < 1.29 is 23.9 Å². The molecule has 42 heavy (non-hydrogen) atoms. The third-order valence-electron chi connectivity index (χ3n) is 8.74. The van der Waals surface area contributed by atoms with Crippen molar-refractivity contribution in [3.8, 4) is 11.3 Å². The molecule has 2 bridgehead atoms. The molecular weight excluding hydrogens is 552 g/mol. The van der Waals surface area contributed by atoms with E-state index in [9.17, 15) is 19.2 Å². The third-order valence-corrected chi connectivity index (χ3v) is 8.99. The molecule has 0 radical (unpaired) electrons. The first-order chi connectivity index (χ1) is 20.3. The number of rotatable bonds is 6. The number of pyridine rings is 1. The molecule has 0 spiro atoms. The number of Topliss-reactive ketones (excluding diaryl/α,β-unsaturated/α-hetero) is 1. The maximum Gasteiger partial charge on any atom is 0.339 e. The van der Waals surface area contributed by atoms with Gasteiger partial charge in [0.1, 0.15) is 0 Å². The molecule has 1 aromatic heterocycles. The summed E-state index contributed by atoms with van der Waals surface area (Å²) in [5.41, 5.74) is 4.22. The van der Waals surface area contributed by atoms with Gasteiger partial charge in [-0.2, -0.15) is 0 Å². The Balaban J connectivity index is 1.14. The molecule has 4 aromatic rings. The van der Waals surface area contributed by atoms with Gasteiger partial charge < -0.3 is 4.74 Å². The third kappa shape index (κ3) is 4.23. The Labute approximate surface area is 246 Å². The highest BCUT2D eigenvalue weighted by Gasteiger charge is 2.60. The lowest BCUT2D eigenvalue weighted by molar-refractivity contribution is -0.123. The molecule has 2 fully saturated rings. The van der Waals surface area contributed by atoms with E-state index in [1.807, 2.05) is 13.0 Å². The Bertz CT molecular complexity index is 1830. The van der Waals surface area contributed by atoms with Gasteiger partial charge in [-0.1, -0.05) is 53.6 Å². The zero-order valence-corrected chi connectivity index (χ0v) is 23.4. The number of carbonyl (C=O) groups is 4. The molecule has 7 nitrogen and oxygen atoms in total. The lowest BCUT2D eigenvalue weighted by atomic mass is 9.82. The Morgan fingerprint density at radius 2 is 1.67 bits per heavy atom. The fourth-order valence-corrected chi connectivity index (χ4v) is 6.86. The number of anilines is 1. The van der Waals surface area contributed by atoms with Gasteiger partial charge in [0.05, 0.1) is 34.3 Å². The molecule has 8 heteroatoms. The van der Waals surface area contributed by atoms with Crippen molar-refractivity contribution in [2.45, 2.75) is 13.3 Å². The first-order valence-corrected chi connectivity index (χ1v) is 14.2. The zero-order valence-electron chi connectivity index (χ0n) is 22.6. The molecule has 2 heterocycles. The maximum atomic E-state index is 13.4. The van der Waals surface area contributed by atoms with Crippen molar-refractivity contribution in [3.05, 3.63) is 107 Å². The number of fused-ring (bicyclic) bond motifs is 6. The van der Waals surface area contributed by atoms with E-state index >= 15 is 0 Å². The highest BCUT2D eigenvalue weighted by molar-refractivity contribution is 6.30. The fraction of sp³-hybridized carbons (Fsp3) is 0.206. The Morgan fingerprint density at radius 1 is 0.952 bits per heavy atom. The molecule has 1 aliphatic heterocycles. The number of nitrogens with zero attached hydrogens (tertiary/aromatic N) is 2. The van der Waals surface area contributed by atoms with E-state index in [1.54, 1.807) is 72.8 Å². The predicted octanol–water partition coefficient (Wildman–Crippen LogP) is 6.30. The normalized spacial score (nSPS) is 22.4. The second-order valence-corrected chi connectivity index (χ2v) is 11.5. The second kappa shape index (κ2) is 10.0. The van der Waals surface area contributed by atoms with Crippen LogP contribution in [0.25, 0.3) is 22.2 Å². The summed E-state index contributed by atoms with van der Waals surface area (Å²) in [5.74, 6) is -1.49. The van der Waals surface area contributed by atoms with Gasteiger partial charge in [0.2, 0.25) is 11.8 Å². The number of para-hydroxylation sites is 1. The van der Waals surface area contributed by atoms with E-state index < -0.39 is 12.6 Å². The summed E-state index contributed by atoms with van der Waals surface area (Å²) in [4.78, 5) is 58.5. The van der Waals surface area contributed by atoms with Crippen LogP contribution in [0.3, 0.4) is 0 Å². The van der Waals surface area contributed by atoms with Crippen LogP contribution in [0.1, 0.15) is 34.1 Å². The first kappa shape index (κ1) is 26.3. The standard InChI is InChI=1S/C34H25ClN2O5/c1-18-14-21-15-25(18)31-30(21)32(39)37(33(31)40)23-12-8-19(9-13-23)28-16-26(24-4-2-3-5-27(24)36-28)34(41)42-17-29(38)20-6-10-22(35)11-7-20/h2-14,16,21,25,30-31H,15,17H2,1H3. The molecular formula is C34H25ClN2O5. The topological polar surface area (TPSA) is 93.6 Å². The van der Waals surface area contributed by atoms with Gasteiger partial charge in [-0.15, -0.1) is 0 Å². The quantitative estimate of drug-likeness (QED) is 0.116. The number of ketones is 1. The molecule has 3 aromatic carbocycles. The summed E-state index contributed by atoms with van der Waals surface area (Å²) >= 11 is 5.90. The number of ether oxygens (including phenoxy) is 1. The average molecular weight is 577 g/mol. The van der Waals surface area contributed by atoms with Crippen LogP contribution in [-0.4, -0.2) is 35.2 Å². The maximum absolute atomic E-state index is 13.4. The van der Waals surface area contributed by atoms with Crippen LogP contribution in [0.5, 0.6) is 0 Å². The molecule has 7 rings (SSSR count). The lowest BCUT2D eigenvalue weighted by Gasteiger charge is -2.19. The molecule has 1 saturated carbocycles. The summed E-state index contributed by atoms with van der Waals surface area (Å²) in [6.07, 6.45) is 3.05. The molecule has 2 aliphatic carbocycles. The predicted molar refractivity (Wildman–Crippen MR) is 158 cm³/mol. The molecule has 208 valence electrons. The van der Waals surface area contributed by atoms with E-state index in [2.05, 4.69) is 6.08 Å². The summed E-state index contributed by atoms with van der Waals surface area (Å²) in [6.45, 7) is 1.63. The minimum absolute atomic E-state index is 0.125. The van der Waals surface area contributed by atoms with Crippen molar-refractivity contribution in [2.75, 3.05) is 11.5 Å². The van der Waals surface area contributed by atoms with E-state index in [-0.39, 0.29) is 46.8 Å². The number of aromatic nitrogens is 1. The summed E-state index contributed by atoms with van der Waals surface area (Å²) in [6, 6.07) is 22.3. The Hall–Kier alpha value is -4.62. The number of imide groups is 1. The van der Waals surface area contributed by atoms with Gasteiger partial charge in [0.15, 0.2) is 12.4 Å². The molecule has 2 amide bonds. The number of hydrogen-bond acceptors (Lipinski definition) is 6. The summed E-state index contributed by atoms with van der Waals surface area (Å²) in [5, 5.41) is 1.10. The molecule has 3 aliphatic rings. The van der Waals surface area contributed by atoms with E-state index in [4.69, 9.17) is 21.3 Å². The second-order valence-electron chi connectivity index (χ2n) is 11.1. The number of carbonyl (C=O) groups excluding carboxylic acids is 4. The Morgan fingerprint density at radius 3 is 2.43 bits per heavy atom. The fourth-order valence-electron chi connectivity index (χ4n) is 6.73. The summed E-state index contributed by atoms with van der Waals surface area (Å²) < 4.78 is 5.41. The van der Waals surface area contributed by atoms with Crippen molar-refractivity contribution in [1.29, 1.82) is 0 Å². The number of esters is 1. The van der Waals surface area contributed by atoms with Crippen molar-refractivity contribution in [2.24, 2.45) is 23.7 Å². The van der Waals surface area contributed by atoms with E-state index in [1.165, 1.54) is 10.5 Å². The lowest BCUT2D eigenvalue weighted by Crippen LogP contribution is -2.32. The van der Waals surface area contributed by atoms with Gasteiger partial charge in [0, 0.05) is 21.5 Å². The minimum atomic E-state index is -0.646. The van der Waals surface area contributed by atoms with Crippen LogP contribution in [0, 0.1) is 23.7 Å². The van der Waals surface area contributed by atoms with E-state index in [0.717, 1.165) is 6.42 Å². The first-order valence-electron chi connectivity index (χ1n) is 13.8. The summed E-state index contributed by atoms with van der Waals surface area (Å²) in [7, 11) is 0. The van der Waals surface area contributed by atoms with Crippen LogP contribution in [0.4, 0.5) is 5.69 Å². The van der Waals surface area contributed by atoms with Gasteiger partial charge in [-0.3, -0.25) is 19.3 Å². The van der Waals surface area contributed by atoms with Crippen molar-refractivity contribution in [1.82, 2.24) is 4.98 Å². The molecule has 4 atom stereocenters. The average Bonchev–Trinajstić information content (AvgIpc) is 3.65. The number of benzene rings is 3. The van der Waals surface area contributed by atoms with Crippen molar-refractivity contribution in [3.63, 3.8) is 0 Å². The van der Waals surface area contributed by atoms with Gasteiger partial charge >= 0.3 is 5.97 Å². The monoisotopic (exact) mass is 576 g/mol. The number of hydrogen-bond donors (Lipinski definition) is 0. The molecule has 0 N–H and O–H groups in total. The molecule has 4 unspecified atom stereocenters. The van der Waals surface area contributed by atoms with Crippen LogP contribution in [-0.2, 0) is 14.3 Å². The smallest absolute Gasteiger partial charge is 0.339 e. The van der Waals surface area contributed by atoms with Crippen LogP contribution >= 0.6 is 11.6 Å². The van der Waals surface area contributed by atoms with Crippen LogP contribution in [0.2, 0.25) is 5.02 Å². The number of allylic oxidation sites excluding steroid dienone is 2. The highest BCUT2D eigenvalue weighted by atomic mass is 35.5. The zero-order chi connectivity index (χ0) is 29.1. The largest absolute Gasteiger partial charge is 0.454 e. The number of halogens is 1. The van der Waals surface area contributed by atoms with Gasteiger partial charge in [-0.25, -0.2) is 9.78 Å². The van der Waals surface area contributed by atoms with Crippen LogP contribution in [0.15, 0.2) is 90.5 Å². The van der Waals surface area contributed by atoms with Crippen LogP contribution < -0.4 is 4.90 Å². The number of amides is 2. The van der Waals surface area contributed by atoms with Crippen molar-refractivity contribution >= 4 is 51.8 Å². The highest BCUT2D eigenvalue weighted by Crippen LogP contribution is 2.55. The van der Waals surface area contributed by atoms with Gasteiger partial charge in [-0.05, 0) is 73.7 Å².